The van der Waals surface area contributed by atoms with E-state index < -0.39 is 0 Å². The summed E-state index contributed by atoms with van der Waals surface area (Å²) in [6, 6.07) is 4.88. The fourth-order valence-corrected chi connectivity index (χ4v) is 3.43. The highest BCUT2D eigenvalue weighted by Crippen LogP contribution is 2.36. The lowest BCUT2D eigenvalue weighted by Crippen LogP contribution is -2.40. The predicted molar refractivity (Wildman–Crippen MR) is 84.4 cm³/mol. The van der Waals surface area contributed by atoms with Crippen LogP contribution in [0.15, 0.2) is 22.7 Å². The Morgan fingerprint density at radius 1 is 1.35 bits per heavy atom. The summed E-state index contributed by atoms with van der Waals surface area (Å²) in [6.07, 6.45) is 5.71. The minimum atomic E-state index is -0.245. The van der Waals surface area contributed by atoms with E-state index in [-0.39, 0.29) is 17.1 Å². The van der Waals surface area contributed by atoms with Crippen molar-refractivity contribution in [2.45, 2.75) is 32.1 Å². The molecule has 0 bridgehead atoms. The summed E-state index contributed by atoms with van der Waals surface area (Å²) in [4.78, 5) is 12.1. The number of hydrogen-bond acceptors (Lipinski definition) is 2. The molecule has 2 rings (SSSR count). The molecule has 0 aliphatic heterocycles. The smallest absolute Gasteiger partial charge is 0.255 e. The molecule has 1 saturated carbocycles. The number of amides is 1. The molecule has 0 saturated heterocycles. The molecule has 2 N–H and O–H groups in total. The van der Waals surface area contributed by atoms with Gasteiger partial charge in [-0.2, -0.15) is 0 Å². The standard InChI is InChI=1S/C15H19BrClNO2/c16-11-4-5-12(13(19)8-11)14(20)18-10-15(9-17)6-2-1-3-7-15/h4-5,8,19H,1-3,6-7,9-10H2,(H,18,20). The maximum atomic E-state index is 12.1. The SMILES string of the molecule is O=C(NCC1(CCl)CCCCC1)c1ccc(Br)cc1O. The van der Waals surface area contributed by atoms with Crippen LogP contribution in [-0.4, -0.2) is 23.4 Å². The van der Waals surface area contributed by atoms with Gasteiger partial charge in [0.05, 0.1) is 5.56 Å². The van der Waals surface area contributed by atoms with Crippen LogP contribution in [-0.2, 0) is 0 Å². The molecule has 0 unspecified atom stereocenters. The van der Waals surface area contributed by atoms with Gasteiger partial charge in [-0.05, 0) is 31.0 Å². The minimum absolute atomic E-state index is 0.0135. The van der Waals surface area contributed by atoms with Crippen molar-refractivity contribution < 1.29 is 9.90 Å². The van der Waals surface area contributed by atoms with Gasteiger partial charge in [0.25, 0.3) is 5.91 Å². The molecular weight excluding hydrogens is 342 g/mol. The van der Waals surface area contributed by atoms with Crippen molar-refractivity contribution >= 4 is 33.4 Å². The third kappa shape index (κ3) is 3.67. The summed E-state index contributed by atoms with van der Waals surface area (Å²) in [5.74, 6) is 0.310. The molecule has 5 heteroatoms. The number of benzene rings is 1. The maximum Gasteiger partial charge on any atom is 0.255 e. The van der Waals surface area contributed by atoms with Gasteiger partial charge in [-0.1, -0.05) is 35.2 Å². The third-order valence-corrected chi connectivity index (χ3v) is 5.09. The van der Waals surface area contributed by atoms with Crippen LogP contribution in [0.3, 0.4) is 0 Å². The van der Waals surface area contributed by atoms with Gasteiger partial charge in [0.15, 0.2) is 0 Å². The average molecular weight is 361 g/mol. The van der Waals surface area contributed by atoms with Gasteiger partial charge in [-0.3, -0.25) is 4.79 Å². The fourth-order valence-electron chi connectivity index (χ4n) is 2.72. The Labute approximate surface area is 132 Å². The number of rotatable bonds is 4. The van der Waals surface area contributed by atoms with E-state index >= 15 is 0 Å². The summed E-state index contributed by atoms with van der Waals surface area (Å²) < 4.78 is 0.746. The second-order valence-corrected chi connectivity index (χ2v) is 6.72. The molecule has 0 heterocycles. The van der Waals surface area contributed by atoms with E-state index in [1.807, 2.05) is 0 Å². The number of halogens is 2. The molecule has 1 aromatic carbocycles. The molecule has 0 aromatic heterocycles. The van der Waals surface area contributed by atoms with Gasteiger partial charge in [0.1, 0.15) is 5.75 Å². The summed E-state index contributed by atoms with van der Waals surface area (Å²) in [5, 5.41) is 12.7. The van der Waals surface area contributed by atoms with E-state index in [1.54, 1.807) is 12.1 Å². The first-order valence-electron chi connectivity index (χ1n) is 6.89. The summed E-state index contributed by atoms with van der Waals surface area (Å²) in [7, 11) is 0. The molecule has 0 radical (unpaired) electrons. The summed E-state index contributed by atoms with van der Waals surface area (Å²) >= 11 is 9.37. The van der Waals surface area contributed by atoms with Crippen molar-refractivity contribution in [1.29, 1.82) is 0 Å². The van der Waals surface area contributed by atoms with Crippen molar-refractivity contribution in [2.75, 3.05) is 12.4 Å². The zero-order valence-electron chi connectivity index (χ0n) is 11.3. The van der Waals surface area contributed by atoms with Crippen LogP contribution in [0.2, 0.25) is 0 Å². The van der Waals surface area contributed by atoms with Crippen LogP contribution in [0.4, 0.5) is 0 Å². The Bertz CT molecular complexity index is 487. The van der Waals surface area contributed by atoms with E-state index in [0.717, 1.165) is 17.3 Å². The monoisotopic (exact) mass is 359 g/mol. The number of alkyl halides is 1. The molecular formula is C15H19BrClNO2. The Hall–Kier alpha value is -0.740. The van der Waals surface area contributed by atoms with Gasteiger partial charge < -0.3 is 10.4 Å². The molecule has 1 amide bonds. The van der Waals surface area contributed by atoms with Crippen molar-refractivity contribution in [3.05, 3.63) is 28.2 Å². The largest absolute Gasteiger partial charge is 0.507 e. The van der Waals surface area contributed by atoms with Crippen LogP contribution < -0.4 is 5.32 Å². The van der Waals surface area contributed by atoms with Crippen LogP contribution in [0.25, 0.3) is 0 Å². The average Bonchev–Trinajstić information content (AvgIpc) is 2.46. The first-order valence-corrected chi connectivity index (χ1v) is 8.22. The summed E-state index contributed by atoms with van der Waals surface area (Å²) in [5.41, 5.74) is 0.314. The lowest BCUT2D eigenvalue weighted by atomic mass is 9.75. The van der Waals surface area contributed by atoms with Gasteiger partial charge in [0, 0.05) is 22.3 Å². The highest BCUT2D eigenvalue weighted by Gasteiger charge is 2.31. The van der Waals surface area contributed by atoms with Crippen LogP contribution >= 0.6 is 27.5 Å². The van der Waals surface area contributed by atoms with Crippen molar-refractivity contribution in [3.8, 4) is 5.75 Å². The van der Waals surface area contributed by atoms with E-state index in [0.29, 0.717) is 18.0 Å². The first kappa shape index (κ1) is 15.6. The fraction of sp³-hybridized carbons (Fsp3) is 0.533. The Balaban J connectivity index is 2.00. The van der Waals surface area contributed by atoms with E-state index in [2.05, 4.69) is 21.2 Å². The topological polar surface area (TPSA) is 49.3 Å². The number of nitrogens with one attached hydrogen (secondary N) is 1. The van der Waals surface area contributed by atoms with E-state index in [9.17, 15) is 9.90 Å². The maximum absolute atomic E-state index is 12.1. The Morgan fingerprint density at radius 3 is 2.65 bits per heavy atom. The van der Waals surface area contributed by atoms with Crippen LogP contribution in [0.1, 0.15) is 42.5 Å². The number of hydrogen-bond donors (Lipinski definition) is 2. The molecule has 3 nitrogen and oxygen atoms in total. The van der Waals surface area contributed by atoms with Crippen molar-refractivity contribution in [2.24, 2.45) is 5.41 Å². The van der Waals surface area contributed by atoms with Crippen molar-refractivity contribution in [1.82, 2.24) is 5.32 Å². The van der Waals surface area contributed by atoms with E-state index in [4.69, 9.17) is 11.6 Å². The molecule has 20 heavy (non-hydrogen) atoms. The number of aromatic hydroxyl groups is 1. The van der Waals surface area contributed by atoms with Crippen LogP contribution in [0, 0.1) is 5.41 Å². The van der Waals surface area contributed by atoms with Gasteiger partial charge >= 0.3 is 0 Å². The van der Waals surface area contributed by atoms with Gasteiger partial charge in [-0.15, -0.1) is 11.6 Å². The number of phenolic OH excluding ortho intramolecular Hbond substituents is 1. The Kier molecular flexibility index (Phi) is 5.33. The molecule has 110 valence electrons. The highest BCUT2D eigenvalue weighted by atomic mass is 79.9. The minimum Gasteiger partial charge on any atom is -0.507 e. The molecule has 1 fully saturated rings. The lowest BCUT2D eigenvalue weighted by Gasteiger charge is -2.35. The van der Waals surface area contributed by atoms with Gasteiger partial charge in [0.2, 0.25) is 0 Å². The van der Waals surface area contributed by atoms with E-state index in [1.165, 1.54) is 25.3 Å². The van der Waals surface area contributed by atoms with Crippen LogP contribution in [0.5, 0.6) is 5.75 Å². The van der Waals surface area contributed by atoms with Gasteiger partial charge in [-0.25, -0.2) is 0 Å². The zero-order chi connectivity index (χ0) is 14.6. The number of carbonyl (C=O) groups excluding carboxylic acids is 1. The first-order chi connectivity index (χ1) is 9.56. The molecule has 1 aliphatic rings. The highest BCUT2D eigenvalue weighted by molar-refractivity contribution is 9.10. The second-order valence-electron chi connectivity index (χ2n) is 5.54. The lowest BCUT2D eigenvalue weighted by molar-refractivity contribution is 0.0918. The molecule has 0 atom stereocenters. The summed E-state index contributed by atoms with van der Waals surface area (Å²) in [6.45, 7) is 0.574. The molecule has 0 spiro atoms. The number of phenols is 1. The predicted octanol–water partition coefficient (Wildman–Crippen LogP) is 4.07. The molecule has 1 aliphatic carbocycles. The second kappa shape index (κ2) is 6.81. The normalized spacial score (nSPS) is 17.7. The number of carbonyl (C=O) groups is 1. The zero-order valence-corrected chi connectivity index (χ0v) is 13.6. The third-order valence-electron chi connectivity index (χ3n) is 4.03. The Morgan fingerprint density at radius 2 is 2.05 bits per heavy atom. The van der Waals surface area contributed by atoms with Crippen molar-refractivity contribution in [3.63, 3.8) is 0 Å². The molecule has 1 aromatic rings. The quantitative estimate of drug-likeness (QED) is 0.795.